The van der Waals surface area contributed by atoms with Crippen molar-refractivity contribution in [3.8, 4) is 0 Å². The van der Waals surface area contributed by atoms with Crippen molar-refractivity contribution < 1.29 is 13.5 Å². The molecule has 2 rings (SSSR count). The van der Waals surface area contributed by atoms with Crippen molar-refractivity contribution in [2.75, 3.05) is 24.7 Å². The molecule has 0 amide bonds. The van der Waals surface area contributed by atoms with Gasteiger partial charge in [0, 0.05) is 37.4 Å². The maximum atomic E-state index is 11.7. The summed E-state index contributed by atoms with van der Waals surface area (Å²) in [6.07, 6.45) is 2.42. The van der Waals surface area contributed by atoms with Crippen LogP contribution in [0.2, 0.25) is 0 Å². The number of aliphatic hydroxyl groups is 1. The first kappa shape index (κ1) is 17.4. The number of aliphatic hydroxyl groups excluding tert-OH is 1. The predicted molar refractivity (Wildman–Crippen MR) is 86.5 cm³/mol. The summed E-state index contributed by atoms with van der Waals surface area (Å²) in [7, 11) is -0.965. The first-order valence-corrected chi connectivity index (χ1v) is 9.82. The molecular weight excluding hydrogens is 302 g/mol. The molecule has 0 aliphatic carbocycles. The van der Waals surface area contributed by atoms with Gasteiger partial charge < -0.3 is 5.11 Å². The Morgan fingerprint density at radius 2 is 2.09 bits per heavy atom. The fourth-order valence-corrected chi connectivity index (χ4v) is 5.12. The molecule has 1 saturated heterocycles. The summed E-state index contributed by atoms with van der Waals surface area (Å²) in [6.45, 7) is 5.40. The van der Waals surface area contributed by atoms with Crippen molar-refractivity contribution in [3.05, 3.63) is 17.0 Å². The number of aromatic nitrogens is 2. The van der Waals surface area contributed by atoms with E-state index >= 15 is 0 Å². The normalized spacial score (nSPS) is 20.9. The van der Waals surface area contributed by atoms with Crippen LogP contribution in [0.1, 0.15) is 37.2 Å². The zero-order valence-electron chi connectivity index (χ0n) is 13.7. The molecule has 7 heteroatoms. The highest BCUT2D eigenvalue weighted by molar-refractivity contribution is 7.91. The minimum atomic E-state index is -2.92. The van der Waals surface area contributed by atoms with Crippen LogP contribution in [0.4, 0.5) is 0 Å². The summed E-state index contributed by atoms with van der Waals surface area (Å²) in [5.74, 6) is 0.462. The van der Waals surface area contributed by atoms with E-state index in [-0.39, 0.29) is 24.2 Å². The van der Waals surface area contributed by atoms with Gasteiger partial charge in [0.2, 0.25) is 0 Å². The Kier molecular flexibility index (Phi) is 5.63. The second-order valence-corrected chi connectivity index (χ2v) is 8.18. The third-order valence-electron chi connectivity index (χ3n) is 4.50. The van der Waals surface area contributed by atoms with Gasteiger partial charge in [-0.25, -0.2) is 8.42 Å². The molecule has 1 aromatic rings. The van der Waals surface area contributed by atoms with Crippen LogP contribution in [0.5, 0.6) is 0 Å². The van der Waals surface area contributed by atoms with Gasteiger partial charge in [-0.05, 0) is 19.3 Å². The number of rotatable bonds is 7. The lowest BCUT2D eigenvalue weighted by Gasteiger charge is -2.27. The fourth-order valence-electron chi connectivity index (χ4n) is 3.36. The van der Waals surface area contributed by atoms with Crippen LogP contribution in [-0.4, -0.2) is 58.9 Å². The van der Waals surface area contributed by atoms with Crippen LogP contribution in [0.3, 0.4) is 0 Å². The zero-order chi connectivity index (χ0) is 16.3. The van der Waals surface area contributed by atoms with Crippen LogP contribution < -0.4 is 0 Å². The zero-order valence-corrected chi connectivity index (χ0v) is 14.6. The highest BCUT2D eigenvalue weighted by Gasteiger charge is 2.32. The summed E-state index contributed by atoms with van der Waals surface area (Å²) in [4.78, 5) is 2.11. The molecule has 1 aromatic heterocycles. The van der Waals surface area contributed by atoms with Crippen LogP contribution in [0.25, 0.3) is 0 Å². The SMILES string of the molecule is CCc1nn(C)c(CC)c1CN(CCO)C1CCS(=O)(=O)C1. The molecule has 1 fully saturated rings. The molecule has 1 aliphatic heterocycles. The summed E-state index contributed by atoms with van der Waals surface area (Å²) in [5, 5.41) is 13.9. The summed E-state index contributed by atoms with van der Waals surface area (Å²) < 4.78 is 25.4. The van der Waals surface area contributed by atoms with Gasteiger partial charge in [0.1, 0.15) is 0 Å². The van der Waals surface area contributed by atoms with Crippen LogP contribution in [-0.2, 0) is 36.3 Å². The third-order valence-corrected chi connectivity index (χ3v) is 6.25. The van der Waals surface area contributed by atoms with Gasteiger partial charge in [0.15, 0.2) is 9.84 Å². The van der Waals surface area contributed by atoms with Crippen molar-refractivity contribution in [1.82, 2.24) is 14.7 Å². The Hall–Kier alpha value is -0.920. The van der Waals surface area contributed by atoms with E-state index in [9.17, 15) is 13.5 Å². The molecule has 22 heavy (non-hydrogen) atoms. The molecule has 1 N–H and O–H groups in total. The number of hydrogen-bond donors (Lipinski definition) is 1. The first-order valence-electron chi connectivity index (χ1n) is 8.00. The number of nitrogens with zero attached hydrogens (tertiary/aromatic N) is 3. The van der Waals surface area contributed by atoms with E-state index in [0.717, 1.165) is 18.5 Å². The molecule has 0 bridgehead atoms. The Balaban J connectivity index is 2.25. The molecule has 1 atom stereocenters. The molecule has 0 saturated carbocycles. The smallest absolute Gasteiger partial charge is 0.151 e. The van der Waals surface area contributed by atoms with Crippen molar-refractivity contribution in [3.63, 3.8) is 0 Å². The number of sulfone groups is 1. The fraction of sp³-hybridized carbons (Fsp3) is 0.800. The topological polar surface area (TPSA) is 75.4 Å². The van der Waals surface area contributed by atoms with Gasteiger partial charge in [0.05, 0.1) is 23.8 Å². The quantitative estimate of drug-likeness (QED) is 0.790. The van der Waals surface area contributed by atoms with Crippen LogP contribution in [0.15, 0.2) is 0 Å². The lowest BCUT2D eigenvalue weighted by Crippen LogP contribution is -2.38. The monoisotopic (exact) mass is 329 g/mol. The van der Waals surface area contributed by atoms with Crippen molar-refractivity contribution >= 4 is 9.84 Å². The van der Waals surface area contributed by atoms with Crippen molar-refractivity contribution in [1.29, 1.82) is 0 Å². The summed E-state index contributed by atoms with van der Waals surface area (Å²) in [6, 6.07) is 0.00627. The van der Waals surface area contributed by atoms with E-state index in [1.165, 1.54) is 11.3 Å². The van der Waals surface area contributed by atoms with Crippen molar-refractivity contribution in [2.24, 2.45) is 7.05 Å². The summed E-state index contributed by atoms with van der Waals surface area (Å²) in [5.41, 5.74) is 3.47. The second kappa shape index (κ2) is 7.10. The Morgan fingerprint density at radius 3 is 2.59 bits per heavy atom. The molecular formula is C15H27N3O3S. The molecule has 0 radical (unpaired) electrons. The average Bonchev–Trinajstić information content (AvgIpc) is 2.97. The van der Waals surface area contributed by atoms with Gasteiger partial charge >= 0.3 is 0 Å². The minimum Gasteiger partial charge on any atom is -0.395 e. The Labute approximate surface area is 133 Å². The summed E-state index contributed by atoms with van der Waals surface area (Å²) >= 11 is 0. The molecule has 1 unspecified atom stereocenters. The van der Waals surface area contributed by atoms with Crippen LogP contribution in [0, 0.1) is 0 Å². The molecule has 126 valence electrons. The van der Waals surface area contributed by atoms with E-state index < -0.39 is 9.84 Å². The number of hydrogen-bond acceptors (Lipinski definition) is 5. The van der Waals surface area contributed by atoms with Crippen LogP contribution >= 0.6 is 0 Å². The maximum Gasteiger partial charge on any atom is 0.151 e. The third kappa shape index (κ3) is 3.70. The van der Waals surface area contributed by atoms with Gasteiger partial charge in [-0.3, -0.25) is 9.58 Å². The lowest BCUT2D eigenvalue weighted by atomic mass is 10.1. The van der Waals surface area contributed by atoms with Gasteiger partial charge in [-0.1, -0.05) is 13.8 Å². The predicted octanol–water partition coefficient (Wildman–Crippen LogP) is 0.526. The van der Waals surface area contributed by atoms with E-state index in [1.807, 2.05) is 11.7 Å². The first-order chi connectivity index (χ1) is 10.4. The van der Waals surface area contributed by atoms with E-state index in [1.54, 1.807) is 0 Å². The Morgan fingerprint density at radius 1 is 1.36 bits per heavy atom. The van der Waals surface area contributed by atoms with Crippen molar-refractivity contribution in [2.45, 2.75) is 45.7 Å². The highest BCUT2D eigenvalue weighted by atomic mass is 32.2. The highest BCUT2D eigenvalue weighted by Crippen LogP contribution is 2.23. The van der Waals surface area contributed by atoms with E-state index in [2.05, 4.69) is 23.8 Å². The maximum absolute atomic E-state index is 11.7. The molecule has 0 spiro atoms. The van der Waals surface area contributed by atoms with E-state index in [0.29, 0.717) is 19.5 Å². The molecule has 1 aliphatic rings. The lowest BCUT2D eigenvalue weighted by molar-refractivity contribution is 0.153. The number of aryl methyl sites for hydroxylation is 2. The molecule has 0 aromatic carbocycles. The van der Waals surface area contributed by atoms with E-state index in [4.69, 9.17) is 0 Å². The van der Waals surface area contributed by atoms with Gasteiger partial charge in [-0.15, -0.1) is 0 Å². The standard InChI is InChI=1S/C15H27N3O3S/c1-4-14-13(15(5-2)17(3)16-14)10-18(7-8-19)12-6-9-22(20,21)11-12/h12,19H,4-11H2,1-3H3. The average molecular weight is 329 g/mol. The molecule has 6 nitrogen and oxygen atoms in total. The minimum absolute atomic E-state index is 0.00627. The van der Waals surface area contributed by atoms with Gasteiger partial charge in [0.25, 0.3) is 0 Å². The largest absolute Gasteiger partial charge is 0.395 e. The Bertz CT molecular complexity index is 610. The van der Waals surface area contributed by atoms with Gasteiger partial charge in [-0.2, -0.15) is 5.10 Å². The second-order valence-electron chi connectivity index (χ2n) is 5.95. The molecule has 2 heterocycles.